The second-order valence-corrected chi connectivity index (χ2v) is 10.0. The summed E-state index contributed by atoms with van der Waals surface area (Å²) in [6.07, 6.45) is 4.93. The van der Waals surface area contributed by atoms with Gasteiger partial charge in [-0.05, 0) is 55.0 Å². The van der Waals surface area contributed by atoms with Gasteiger partial charge in [-0.3, -0.25) is 19.9 Å². The molecule has 0 fully saturated rings. The summed E-state index contributed by atoms with van der Waals surface area (Å²) >= 11 is 0. The van der Waals surface area contributed by atoms with Gasteiger partial charge < -0.3 is 4.57 Å². The average molecular weight is 445 g/mol. The van der Waals surface area contributed by atoms with Gasteiger partial charge in [0.25, 0.3) is 0 Å². The summed E-state index contributed by atoms with van der Waals surface area (Å²) in [5.41, 5.74) is 6.51. The number of hydrogen-bond acceptors (Lipinski definition) is 4. The second kappa shape index (κ2) is 7.22. The van der Waals surface area contributed by atoms with E-state index in [0.29, 0.717) is 4.90 Å². The molecule has 5 aromatic rings. The minimum Gasteiger partial charge on any atom is -0.312 e. The van der Waals surface area contributed by atoms with Crippen LogP contribution in [0.2, 0.25) is 0 Å². The Bertz CT molecular complexity index is 1590. The molecule has 160 valence electrons. The molecule has 0 saturated heterocycles. The second-order valence-electron chi connectivity index (χ2n) is 7.93. The Balaban J connectivity index is 1.80. The number of aromatic nitrogens is 4. The van der Waals surface area contributed by atoms with Crippen LogP contribution in [0, 0.1) is 12.3 Å². The van der Waals surface area contributed by atoms with Gasteiger partial charge in [0, 0.05) is 35.6 Å². The fourth-order valence-electron chi connectivity index (χ4n) is 3.94. The van der Waals surface area contributed by atoms with Gasteiger partial charge in [0.2, 0.25) is 15.8 Å². The van der Waals surface area contributed by atoms with Crippen molar-refractivity contribution in [3.8, 4) is 16.8 Å². The minimum absolute atomic E-state index is 0.283. The highest BCUT2D eigenvalue weighted by atomic mass is 32.3. The number of aryl methyl sites for hydroxylation is 2. The van der Waals surface area contributed by atoms with Crippen LogP contribution in [0.1, 0.15) is 5.69 Å². The van der Waals surface area contributed by atoms with Crippen molar-refractivity contribution in [3.63, 3.8) is 0 Å². The van der Waals surface area contributed by atoms with E-state index >= 15 is 0 Å². The molecule has 0 radical (unpaired) electrons. The van der Waals surface area contributed by atoms with Crippen LogP contribution in [0.5, 0.6) is 0 Å². The first-order valence-electron chi connectivity index (χ1n) is 10.0. The third-order valence-electron chi connectivity index (χ3n) is 5.71. The molecule has 0 spiro atoms. The lowest BCUT2D eigenvalue weighted by molar-refractivity contribution is 0.503. The van der Waals surface area contributed by atoms with Crippen molar-refractivity contribution >= 4 is 32.1 Å². The Morgan fingerprint density at radius 2 is 1.69 bits per heavy atom. The van der Waals surface area contributed by atoms with Gasteiger partial charge in [-0.15, -0.1) is 0 Å². The van der Waals surface area contributed by atoms with Crippen molar-refractivity contribution < 1.29 is 8.76 Å². The van der Waals surface area contributed by atoms with E-state index in [1.54, 1.807) is 35.0 Å². The molecule has 5 rings (SSSR count). The summed E-state index contributed by atoms with van der Waals surface area (Å²) in [6.45, 7) is 1.96. The molecular weight excluding hydrogens is 422 g/mol. The van der Waals surface area contributed by atoms with Gasteiger partial charge in [0.05, 0.1) is 22.7 Å². The molecule has 2 N–H and O–H groups in total. The third-order valence-corrected chi connectivity index (χ3v) is 6.86. The van der Waals surface area contributed by atoms with Gasteiger partial charge >= 0.3 is 0 Å². The Morgan fingerprint density at radius 3 is 2.34 bits per heavy atom. The molecule has 0 amide bonds. The molecule has 7 nitrogen and oxygen atoms in total. The average Bonchev–Trinajstić information content (AvgIpc) is 3.04. The zero-order valence-corrected chi connectivity index (χ0v) is 18.7. The predicted molar refractivity (Wildman–Crippen MR) is 126 cm³/mol. The van der Waals surface area contributed by atoms with E-state index in [1.807, 2.05) is 49.0 Å². The number of rotatable bonds is 3. The van der Waals surface area contributed by atoms with Crippen LogP contribution in [0.4, 0.5) is 0 Å². The number of benzene rings is 2. The van der Waals surface area contributed by atoms with E-state index in [1.165, 1.54) is 6.26 Å². The largest absolute Gasteiger partial charge is 0.312 e. The van der Waals surface area contributed by atoms with Gasteiger partial charge in [-0.1, -0.05) is 16.3 Å². The van der Waals surface area contributed by atoms with Crippen molar-refractivity contribution in [1.82, 2.24) is 19.1 Å². The predicted octanol–water partition coefficient (Wildman–Crippen LogP) is 4.33. The van der Waals surface area contributed by atoms with Crippen LogP contribution in [0.15, 0.2) is 71.9 Å². The molecule has 2 aromatic carbocycles. The van der Waals surface area contributed by atoms with Crippen LogP contribution in [-0.4, -0.2) is 29.9 Å². The number of hydrogen-bond donors (Lipinski definition) is 2. The van der Waals surface area contributed by atoms with E-state index in [-0.39, 0.29) is 5.62 Å². The molecule has 1 atom stereocenters. The highest BCUT2D eigenvalue weighted by Crippen LogP contribution is 2.30. The number of fused-ring (bicyclic) bond motifs is 3. The van der Waals surface area contributed by atoms with Crippen LogP contribution in [0.25, 0.3) is 38.8 Å². The van der Waals surface area contributed by atoms with Crippen molar-refractivity contribution in [2.45, 2.75) is 11.8 Å². The molecule has 8 heteroatoms. The quantitative estimate of drug-likeness (QED) is 0.405. The summed E-state index contributed by atoms with van der Waals surface area (Å²) in [5.74, 6) is 0. The minimum atomic E-state index is -3.05. The first-order chi connectivity index (χ1) is 15.2. The molecule has 32 heavy (non-hydrogen) atoms. The van der Waals surface area contributed by atoms with Gasteiger partial charge in [0.1, 0.15) is 6.26 Å². The van der Waals surface area contributed by atoms with Gasteiger partial charge in [-0.25, -0.2) is 0 Å². The number of imidazole rings is 1. The normalized spacial score (nSPS) is 13.5. The summed E-state index contributed by atoms with van der Waals surface area (Å²) in [7, 11) is -1.21. The Hall–Kier alpha value is -3.62. The number of pyridine rings is 2. The highest BCUT2D eigenvalue weighted by molar-refractivity contribution is 7.97. The first-order valence-corrected chi connectivity index (χ1v) is 12.0. The van der Waals surface area contributed by atoms with Crippen molar-refractivity contribution in [3.05, 3.63) is 78.3 Å². The molecule has 3 aromatic heterocycles. The number of nitrogens with one attached hydrogen (secondary N) is 1. The Kier molecular flexibility index (Phi) is 4.58. The van der Waals surface area contributed by atoms with Crippen molar-refractivity contribution in [1.29, 1.82) is 5.41 Å². The fraction of sp³-hybridized carbons (Fsp3) is 0.125. The summed E-state index contributed by atoms with van der Waals surface area (Å²) in [5, 5.41) is 9.65. The Morgan fingerprint density at radius 1 is 0.969 bits per heavy atom. The van der Waals surface area contributed by atoms with Crippen molar-refractivity contribution in [2.75, 3.05) is 6.26 Å². The highest BCUT2D eigenvalue weighted by Gasteiger charge is 2.21. The van der Waals surface area contributed by atoms with E-state index in [9.17, 15) is 8.76 Å². The van der Waals surface area contributed by atoms with E-state index in [0.717, 1.165) is 44.4 Å². The molecular formula is C24H22N5O2S+. The first kappa shape index (κ1) is 20.3. The summed E-state index contributed by atoms with van der Waals surface area (Å²) < 4.78 is 25.5. The number of nitrogens with zero attached hydrogens (tertiary/aromatic N) is 4. The maximum absolute atomic E-state index is 12.0. The lowest BCUT2D eigenvalue weighted by Gasteiger charge is -2.09. The van der Waals surface area contributed by atoms with Gasteiger partial charge in [0.15, 0.2) is 4.90 Å². The van der Waals surface area contributed by atoms with Crippen LogP contribution < -0.4 is 5.62 Å². The fourth-order valence-corrected chi connectivity index (χ4v) is 4.58. The zero-order valence-electron chi connectivity index (χ0n) is 17.9. The van der Waals surface area contributed by atoms with Crippen molar-refractivity contribution in [2.24, 2.45) is 7.05 Å². The molecule has 0 aliphatic rings. The topological polar surface area (TPSA) is 96.8 Å². The zero-order chi connectivity index (χ0) is 22.6. The van der Waals surface area contributed by atoms with E-state index in [2.05, 4.69) is 16.0 Å². The van der Waals surface area contributed by atoms with E-state index < -0.39 is 10.2 Å². The van der Waals surface area contributed by atoms with Gasteiger partial charge in [-0.2, -0.15) is 4.55 Å². The molecule has 0 bridgehead atoms. The summed E-state index contributed by atoms with van der Waals surface area (Å²) in [4.78, 5) is 9.38. The van der Waals surface area contributed by atoms with E-state index in [4.69, 9.17) is 5.41 Å². The van der Waals surface area contributed by atoms with Crippen LogP contribution in [-0.2, 0) is 21.5 Å². The molecule has 1 unspecified atom stereocenters. The lowest BCUT2D eigenvalue weighted by Crippen LogP contribution is -2.21. The van der Waals surface area contributed by atoms with Crippen LogP contribution in [0.3, 0.4) is 0 Å². The molecule has 3 heterocycles. The maximum atomic E-state index is 12.0. The molecule has 0 aliphatic carbocycles. The maximum Gasteiger partial charge on any atom is 0.244 e. The lowest BCUT2D eigenvalue weighted by atomic mass is 10.0. The van der Waals surface area contributed by atoms with Crippen LogP contribution >= 0.6 is 0 Å². The standard InChI is InChI=1S/C24H21N5O2S/c1-15-4-5-17(13-26-15)16-6-11-21-20(12-16)23-22(14-27-21)28(2)24(25)29(23)18-7-9-19(10-8-18)32(3,30)31/h4-14,25H,1-3H3/p+1. The Labute approximate surface area is 185 Å². The molecule has 0 aliphatic heterocycles. The smallest absolute Gasteiger partial charge is 0.244 e. The monoisotopic (exact) mass is 444 g/mol. The summed E-state index contributed by atoms with van der Waals surface area (Å²) in [6, 6.07) is 16.9. The molecule has 0 saturated carbocycles. The SMILES string of the molecule is Cc1ccc(-c2ccc3ncc4c(c3c2)n(-c2ccc([S+](C)(=O)O)cc2)c(=N)n4C)cn1. The third kappa shape index (κ3) is 3.24.